The predicted molar refractivity (Wildman–Crippen MR) is 432 cm³/mol. The van der Waals surface area contributed by atoms with Crippen LogP contribution in [0, 0.1) is 23.7 Å². The number of carbonyl (C=O) groups excluding carboxylic acids is 14. The Kier molecular flexibility index (Phi) is 38.5. The van der Waals surface area contributed by atoms with Crippen LogP contribution in [0.3, 0.4) is 0 Å². The normalized spacial score (nSPS) is 16.0. The Morgan fingerprint density at radius 3 is 1.48 bits per heavy atom. The molecule has 0 spiro atoms. The smallest absolute Gasteiger partial charge is 0.246 e. The Bertz CT molecular complexity index is 3650. The van der Waals surface area contributed by atoms with Crippen molar-refractivity contribution in [2.24, 2.45) is 29.4 Å². The molecule has 29 nitrogen and oxygen atoms in total. The van der Waals surface area contributed by atoms with E-state index in [2.05, 4.69) is 31.9 Å². The van der Waals surface area contributed by atoms with Crippen molar-refractivity contribution in [3.63, 3.8) is 0 Å². The molecule has 14 amide bonds. The zero-order valence-corrected chi connectivity index (χ0v) is 69.7. The van der Waals surface area contributed by atoms with Gasteiger partial charge in [-0.05, 0) is 145 Å². The standard InChI is InChI=1S/C84H129N15O14/c1-54(2)44-63(76(105)90-65(51-72(101)93(12)53-71(85)100)83(112)96(15)69(49-60-34-23-18-24-35-60)79(108)87-58(9)81(110)98-41-28-20-29-42-98)89-75(104)62(38-27-30-40-92(10)11)88-78(107)66-39-31-43-99(66)74(103)52-86-77(106)67(45-55(3)4)95(14)82(111)64(48-59-32-21-17-22-33-59)91-80(109)68(46-56(5)6)97(16)84(113)70(47-57(7)8)94(13)73(102)50-61-36-25-19-26-37-61/h17-19,21-26,32-37,54-58,62-70H,20,27-31,38-53H2,1-16H3,(H2,85,100)(H,86,106)(H,87,108)(H,88,107)(H,89,104)(H,90,105)(H,91,109)/t58-,62+,63+,64+,65-,66-,67-,68-,69-,70-/m0/s1. The molecule has 0 aromatic heterocycles. The number of nitrogens with two attached hydrogens (primary N) is 1. The van der Waals surface area contributed by atoms with Gasteiger partial charge in [0.2, 0.25) is 82.7 Å². The van der Waals surface area contributed by atoms with Crippen molar-refractivity contribution in [3.05, 3.63) is 108 Å². The molecule has 2 aliphatic rings. The summed E-state index contributed by atoms with van der Waals surface area (Å²) in [6, 6.07) is 14.9. The topological polar surface area (TPSA) is 363 Å². The highest BCUT2D eigenvalue weighted by Crippen LogP contribution is 2.24. The van der Waals surface area contributed by atoms with Crippen LogP contribution >= 0.6 is 0 Å². The van der Waals surface area contributed by atoms with E-state index in [-0.39, 0.29) is 93.4 Å². The molecule has 3 aromatic carbocycles. The van der Waals surface area contributed by atoms with Gasteiger partial charge in [-0.25, -0.2) is 0 Å². The van der Waals surface area contributed by atoms with Gasteiger partial charge < -0.3 is 76.8 Å². The van der Waals surface area contributed by atoms with Crippen LogP contribution in [0.5, 0.6) is 0 Å². The average molecular weight is 1570 g/mol. The Balaban J connectivity index is 1.37. The van der Waals surface area contributed by atoms with E-state index in [9.17, 15) is 57.5 Å². The second kappa shape index (κ2) is 46.4. The van der Waals surface area contributed by atoms with Gasteiger partial charge in [0.15, 0.2) is 0 Å². The van der Waals surface area contributed by atoms with Crippen LogP contribution in [0.15, 0.2) is 91.0 Å². The number of primary amides is 1. The summed E-state index contributed by atoms with van der Waals surface area (Å²) >= 11 is 0. The number of unbranched alkanes of at least 4 members (excludes halogenated alkanes) is 1. The maximum atomic E-state index is 15.2. The fourth-order valence-corrected chi connectivity index (χ4v) is 14.4. The van der Waals surface area contributed by atoms with E-state index in [0.29, 0.717) is 56.4 Å². The molecule has 2 fully saturated rings. The fraction of sp³-hybridized carbons (Fsp3) is 0.619. The van der Waals surface area contributed by atoms with Crippen molar-refractivity contribution < 1.29 is 67.1 Å². The van der Waals surface area contributed by atoms with E-state index >= 15 is 9.59 Å². The second-order valence-electron chi connectivity index (χ2n) is 32.5. The number of hydrogen-bond acceptors (Lipinski definition) is 15. The maximum Gasteiger partial charge on any atom is 0.246 e. The summed E-state index contributed by atoms with van der Waals surface area (Å²) in [6.45, 7) is 17.3. The lowest BCUT2D eigenvalue weighted by Gasteiger charge is -2.37. The van der Waals surface area contributed by atoms with E-state index < -0.39 is 151 Å². The number of carbonyl (C=O) groups is 14. The van der Waals surface area contributed by atoms with E-state index in [1.54, 1.807) is 87.3 Å². The zero-order chi connectivity index (χ0) is 83.9. The Morgan fingerprint density at radius 1 is 0.451 bits per heavy atom. The van der Waals surface area contributed by atoms with Crippen molar-refractivity contribution in [2.45, 2.75) is 225 Å². The second-order valence-corrected chi connectivity index (χ2v) is 32.5. The third-order valence-corrected chi connectivity index (χ3v) is 20.8. The number of likely N-dealkylation sites (N-methyl/N-ethyl adjacent to an activating group) is 5. The molecule has 2 heterocycles. The van der Waals surface area contributed by atoms with Gasteiger partial charge in [0, 0.05) is 67.7 Å². The zero-order valence-electron chi connectivity index (χ0n) is 69.7. The van der Waals surface area contributed by atoms with Crippen LogP contribution in [0.1, 0.15) is 162 Å². The minimum absolute atomic E-state index is 0.00297. The van der Waals surface area contributed by atoms with Gasteiger partial charge in [0.1, 0.15) is 60.4 Å². The number of amides is 14. The van der Waals surface area contributed by atoms with Crippen molar-refractivity contribution >= 4 is 82.7 Å². The molecule has 0 radical (unpaired) electrons. The molecule has 2 saturated heterocycles. The van der Waals surface area contributed by atoms with Crippen molar-refractivity contribution in [1.29, 1.82) is 0 Å². The van der Waals surface area contributed by atoms with Crippen molar-refractivity contribution in [1.82, 2.24) is 71.1 Å². The Morgan fingerprint density at radius 2 is 0.929 bits per heavy atom. The van der Waals surface area contributed by atoms with Gasteiger partial charge in [0.05, 0.1) is 25.9 Å². The number of piperidine rings is 1. The number of benzene rings is 3. The van der Waals surface area contributed by atoms with Crippen LogP contribution in [-0.2, 0) is 86.4 Å². The molecule has 0 unspecified atom stereocenters. The summed E-state index contributed by atoms with van der Waals surface area (Å²) in [5, 5.41) is 16.9. The number of nitrogens with one attached hydrogen (secondary N) is 6. The molecule has 2 aliphatic heterocycles. The first-order valence-corrected chi connectivity index (χ1v) is 40.1. The molecule has 3 aromatic rings. The third kappa shape index (κ3) is 30.2. The van der Waals surface area contributed by atoms with Crippen molar-refractivity contribution in [2.75, 3.05) is 88.6 Å². The number of nitrogens with zero attached hydrogens (tertiary/aromatic N) is 8. The molecule has 624 valence electrons. The lowest BCUT2D eigenvalue weighted by Crippen LogP contribution is -2.61. The first kappa shape index (κ1) is 93.8. The van der Waals surface area contributed by atoms with Gasteiger partial charge in [-0.1, -0.05) is 146 Å². The van der Waals surface area contributed by atoms with Crippen LogP contribution in [0.2, 0.25) is 0 Å². The average Bonchev–Trinajstić information content (AvgIpc) is 1.75. The van der Waals surface area contributed by atoms with Gasteiger partial charge in [-0.15, -0.1) is 0 Å². The minimum Gasteiger partial charge on any atom is -0.368 e. The lowest BCUT2D eigenvalue weighted by atomic mass is 9.96. The molecule has 0 bridgehead atoms. The molecule has 29 heteroatoms. The highest BCUT2D eigenvalue weighted by Gasteiger charge is 2.43. The highest BCUT2D eigenvalue weighted by molar-refractivity contribution is 6.00. The van der Waals surface area contributed by atoms with E-state index in [1.807, 2.05) is 96.9 Å². The molecular formula is C84H129N15O14. The molecule has 5 rings (SSSR count). The van der Waals surface area contributed by atoms with E-state index in [4.69, 9.17) is 5.73 Å². The number of likely N-dealkylation sites (tertiary alicyclic amines) is 2. The van der Waals surface area contributed by atoms with E-state index in [0.717, 1.165) is 34.6 Å². The molecule has 8 N–H and O–H groups in total. The first-order valence-electron chi connectivity index (χ1n) is 40.1. The maximum absolute atomic E-state index is 15.2. The Hall–Kier alpha value is -9.80. The lowest BCUT2D eigenvalue weighted by molar-refractivity contribution is -0.149. The van der Waals surface area contributed by atoms with Crippen LogP contribution in [0.25, 0.3) is 0 Å². The molecular weight excluding hydrogens is 1440 g/mol. The predicted octanol–water partition coefficient (Wildman–Crippen LogP) is 3.84. The summed E-state index contributed by atoms with van der Waals surface area (Å²) in [5.41, 5.74) is 7.60. The number of rotatable bonds is 44. The fourth-order valence-electron chi connectivity index (χ4n) is 14.4. The van der Waals surface area contributed by atoms with Crippen molar-refractivity contribution in [3.8, 4) is 0 Å². The van der Waals surface area contributed by atoms with Gasteiger partial charge >= 0.3 is 0 Å². The van der Waals surface area contributed by atoms with Crippen LogP contribution in [-0.4, -0.2) is 271 Å². The quantitative estimate of drug-likeness (QED) is 0.0396. The van der Waals surface area contributed by atoms with Crippen LogP contribution < -0.4 is 37.6 Å². The van der Waals surface area contributed by atoms with Gasteiger partial charge in [-0.2, -0.15) is 0 Å². The molecule has 0 saturated carbocycles. The van der Waals surface area contributed by atoms with Gasteiger partial charge in [-0.3, -0.25) is 67.1 Å². The molecule has 0 aliphatic carbocycles. The summed E-state index contributed by atoms with van der Waals surface area (Å²) in [7, 11) is 11.0. The third-order valence-electron chi connectivity index (χ3n) is 20.8. The van der Waals surface area contributed by atoms with Gasteiger partial charge in [0.25, 0.3) is 0 Å². The highest BCUT2D eigenvalue weighted by atomic mass is 16.2. The Labute approximate surface area is 669 Å². The number of hydrogen-bond donors (Lipinski definition) is 7. The molecule has 10 atom stereocenters. The SMILES string of the molecule is CC(C)C[C@@H](NC(=O)[C@@H](CCCCN(C)C)NC(=O)[C@@H]1CCCN1C(=O)CNC(=O)[C@H](CC(C)C)N(C)C(=O)[C@@H](Cc1ccccc1)NC(=O)[C@H](CC(C)C)N(C)C(=O)[C@H](CC(C)C)N(C)C(=O)Cc1ccccc1)C(=O)N[C@@H](CC(=O)N(C)CC(N)=O)C(=O)N(C)[C@@H](Cc1ccccc1)C(=O)N[C@@H](C)C(=O)N1CCCCC1. The monoisotopic (exact) mass is 1570 g/mol. The summed E-state index contributed by atoms with van der Waals surface area (Å²) in [4.78, 5) is 213. The largest absolute Gasteiger partial charge is 0.368 e. The minimum atomic E-state index is -1.70. The first-order chi connectivity index (χ1) is 53.4. The summed E-state index contributed by atoms with van der Waals surface area (Å²) < 4.78 is 0. The summed E-state index contributed by atoms with van der Waals surface area (Å²) in [6.07, 6.45) is 4.26. The van der Waals surface area contributed by atoms with Crippen LogP contribution in [0.4, 0.5) is 0 Å². The molecule has 113 heavy (non-hydrogen) atoms. The van der Waals surface area contributed by atoms with E-state index in [1.165, 1.54) is 47.8 Å². The summed E-state index contributed by atoms with van der Waals surface area (Å²) in [5.74, 6) is -9.61.